The number of halogens is 1. The lowest BCUT2D eigenvalue weighted by atomic mass is 10.2. The van der Waals surface area contributed by atoms with Gasteiger partial charge in [0.05, 0.1) is 11.4 Å². The highest BCUT2D eigenvalue weighted by Gasteiger charge is 2.34. The van der Waals surface area contributed by atoms with E-state index < -0.39 is 0 Å². The number of carbonyl (C=O) groups excluding carboxylic acids is 2. The molecule has 3 aromatic carbocycles. The van der Waals surface area contributed by atoms with Crippen LogP contribution in [0.2, 0.25) is 0 Å². The number of amides is 2. The summed E-state index contributed by atoms with van der Waals surface area (Å²) in [5.74, 6) is 1.24. The fourth-order valence-corrected chi connectivity index (χ4v) is 4.16. The number of para-hydroxylation sites is 1. The van der Waals surface area contributed by atoms with Crippen molar-refractivity contribution in [2.45, 2.75) is 6.54 Å². The van der Waals surface area contributed by atoms with Crippen molar-refractivity contribution >= 4 is 44.9 Å². The van der Waals surface area contributed by atoms with Gasteiger partial charge in [0, 0.05) is 4.47 Å². The third-order valence-corrected chi connectivity index (χ3v) is 6.11. The molecule has 0 unspecified atom stereocenters. The van der Waals surface area contributed by atoms with Gasteiger partial charge in [-0.25, -0.2) is 0 Å². The van der Waals surface area contributed by atoms with E-state index in [1.54, 1.807) is 6.08 Å². The third kappa shape index (κ3) is 5.81. The van der Waals surface area contributed by atoms with Crippen LogP contribution in [0.1, 0.15) is 11.1 Å². The van der Waals surface area contributed by atoms with Crippen LogP contribution in [-0.2, 0) is 11.3 Å². The molecule has 0 saturated carbocycles. The molecule has 0 aromatic heterocycles. The van der Waals surface area contributed by atoms with Gasteiger partial charge in [0.1, 0.15) is 24.7 Å². The van der Waals surface area contributed by atoms with Crippen molar-refractivity contribution < 1.29 is 19.1 Å². The smallest absolute Gasteiger partial charge is 0.293 e. The van der Waals surface area contributed by atoms with Crippen LogP contribution in [0.15, 0.2) is 88.2 Å². The Balaban J connectivity index is 1.31. The Bertz CT molecular complexity index is 1110. The van der Waals surface area contributed by atoms with E-state index in [1.165, 1.54) is 4.90 Å². The summed E-state index contributed by atoms with van der Waals surface area (Å²) in [5, 5.41) is -0.262. The fourth-order valence-electron chi connectivity index (χ4n) is 3.06. The topological polar surface area (TPSA) is 55.8 Å². The summed E-state index contributed by atoms with van der Waals surface area (Å²) < 4.78 is 12.3. The Hall–Kier alpha value is -3.03. The van der Waals surface area contributed by atoms with Crippen LogP contribution in [0.5, 0.6) is 11.5 Å². The lowest BCUT2D eigenvalue weighted by Gasteiger charge is -2.12. The molecule has 0 aliphatic carbocycles. The molecule has 162 valence electrons. The molecule has 1 heterocycles. The van der Waals surface area contributed by atoms with Crippen LogP contribution < -0.4 is 9.47 Å². The van der Waals surface area contributed by atoms with Crippen LogP contribution in [-0.4, -0.2) is 29.3 Å². The number of rotatable bonds is 8. The quantitative estimate of drug-likeness (QED) is 0.269. The van der Waals surface area contributed by atoms with Gasteiger partial charge in [-0.3, -0.25) is 14.5 Å². The summed E-state index contributed by atoms with van der Waals surface area (Å²) >= 11 is 4.34. The predicted octanol–water partition coefficient (Wildman–Crippen LogP) is 6.14. The molecule has 2 amide bonds. The van der Waals surface area contributed by atoms with Crippen LogP contribution in [0.3, 0.4) is 0 Å². The molecule has 5 nitrogen and oxygen atoms in total. The molecule has 0 atom stereocenters. The van der Waals surface area contributed by atoms with E-state index in [1.807, 2.05) is 78.9 Å². The number of nitrogens with zero attached hydrogens (tertiary/aromatic N) is 1. The van der Waals surface area contributed by atoms with Crippen LogP contribution in [0, 0.1) is 0 Å². The number of carbonyl (C=O) groups is 2. The first-order valence-corrected chi connectivity index (χ1v) is 11.6. The monoisotopic (exact) mass is 509 g/mol. The van der Waals surface area contributed by atoms with Crippen LogP contribution in [0.4, 0.5) is 4.79 Å². The summed E-state index contributed by atoms with van der Waals surface area (Å²) in [7, 11) is 0. The summed E-state index contributed by atoms with van der Waals surface area (Å²) in [6, 6.07) is 24.5. The Morgan fingerprint density at radius 1 is 0.812 bits per heavy atom. The fraction of sp³-hybridized carbons (Fsp3) is 0.120. The van der Waals surface area contributed by atoms with Crippen molar-refractivity contribution in [2.24, 2.45) is 0 Å². The molecule has 1 aliphatic rings. The predicted molar refractivity (Wildman–Crippen MR) is 130 cm³/mol. The van der Waals surface area contributed by atoms with Crippen molar-refractivity contribution in [2.75, 3.05) is 13.2 Å². The zero-order chi connectivity index (χ0) is 22.3. The molecule has 7 heteroatoms. The Morgan fingerprint density at radius 2 is 1.44 bits per heavy atom. The van der Waals surface area contributed by atoms with E-state index in [2.05, 4.69) is 15.9 Å². The molecule has 0 N–H and O–H groups in total. The Morgan fingerprint density at radius 3 is 2.09 bits per heavy atom. The van der Waals surface area contributed by atoms with Gasteiger partial charge in [-0.15, -0.1) is 0 Å². The van der Waals surface area contributed by atoms with E-state index in [0.29, 0.717) is 23.9 Å². The van der Waals surface area contributed by atoms with Gasteiger partial charge in [0.25, 0.3) is 11.1 Å². The highest BCUT2D eigenvalue weighted by Crippen LogP contribution is 2.33. The Labute approximate surface area is 199 Å². The molecule has 1 aliphatic heterocycles. The summed E-state index contributed by atoms with van der Waals surface area (Å²) in [4.78, 5) is 26.7. The highest BCUT2D eigenvalue weighted by molar-refractivity contribution is 9.10. The number of benzene rings is 3. The van der Waals surface area contributed by atoms with Crippen LogP contribution in [0.25, 0.3) is 6.08 Å². The maximum absolute atomic E-state index is 12.7. The maximum atomic E-state index is 12.7. The number of hydrogen-bond acceptors (Lipinski definition) is 5. The van der Waals surface area contributed by atoms with E-state index in [0.717, 1.165) is 33.1 Å². The van der Waals surface area contributed by atoms with Crippen molar-refractivity contribution in [3.05, 3.63) is 99.4 Å². The zero-order valence-corrected chi connectivity index (χ0v) is 19.5. The largest absolute Gasteiger partial charge is 0.490 e. The summed E-state index contributed by atoms with van der Waals surface area (Å²) in [6.45, 7) is 1.12. The molecular formula is C25H20BrNO4S. The number of ether oxygens (including phenoxy) is 2. The lowest BCUT2D eigenvalue weighted by Crippen LogP contribution is -2.27. The van der Waals surface area contributed by atoms with E-state index in [-0.39, 0.29) is 17.7 Å². The van der Waals surface area contributed by atoms with Gasteiger partial charge in [0.15, 0.2) is 0 Å². The van der Waals surface area contributed by atoms with Gasteiger partial charge < -0.3 is 9.47 Å². The van der Waals surface area contributed by atoms with Gasteiger partial charge in [-0.1, -0.05) is 58.4 Å². The van der Waals surface area contributed by atoms with Crippen molar-refractivity contribution in [3.63, 3.8) is 0 Å². The van der Waals surface area contributed by atoms with Crippen LogP contribution >= 0.6 is 27.7 Å². The zero-order valence-electron chi connectivity index (χ0n) is 17.1. The minimum Gasteiger partial charge on any atom is -0.490 e. The standard InChI is InChI=1S/C25H20BrNO4S/c26-20-10-6-19(7-11-20)17-27-24(28)23(32-25(27)29)16-18-8-12-22(13-9-18)31-15-14-30-21-4-2-1-3-5-21/h1-13,16H,14-15,17H2/b23-16+. The average molecular weight is 510 g/mol. The minimum absolute atomic E-state index is 0.257. The summed E-state index contributed by atoms with van der Waals surface area (Å²) in [5.41, 5.74) is 1.72. The van der Waals surface area contributed by atoms with E-state index in [4.69, 9.17) is 9.47 Å². The maximum Gasteiger partial charge on any atom is 0.293 e. The van der Waals surface area contributed by atoms with Crippen molar-refractivity contribution in [1.29, 1.82) is 0 Å². The molecule has 32 heavy (non-hydrogen) atoms. The average Bonchev–Trinajstić information content (AvgIpc) is 3.07. The summed E-state index contributed by atoms with van der Waals surface area (Å²) in [6.07, 6.45) is 1.73. The normalized spacial score (nSPS) is 14.8. The second-order valence-electron chi connectivity index (χ2n) is 6.97. The lowest BCUT2D eigenvalue weighted by molar-refractivity contribution is -0.123. The number of thioether (sulfide) groups is 1. The van der Waals surface area contributed by atoms with Crippen molar-refractivity contribution in [3.8, 4) is 11.5 Å². The first-order valence-electron chi connectivity index (χ1n) is 9.99. The van der Waals surface area contributed by atoms with Crippen molar-refractivity contribution in [1.82, 2.24) is 4.90 Å². The second kappa shape index (κ2) is 10.5. The molecular weight excluding hydrogens is 490 g/mol. The van der Waals surface area contributed by atoms with Gasteiger partial charge >= 0.3 is 0 Å². The SMILES string of the molecule is O=C1S/C(=C/c2ccc(OCCOc3ccccc3)cc2)C(=O)N1Cc1ccc(Br)cc1. The molecule has 0 bridgehead atoms. The molecule has 1 saturated heterocycles. The first kappa shape index (κ1) is 22.2. The second-order valence-corrected chi connectivity index (χ2v) is 8.88. The van der Waals surface area contributed by atoms with E-state index in [9.17, 15) is 9.59 Å². The molecule has 0 radical (unpaired) electrons. The Kier molecular flexibility index (Phi) is 7.29. The highest BCUT2D eigenvalue weighted by atomic mass is 79.9. The molecule has 3 aromatic rings. The van der Waals surface area contributed by atoms with Gasteiger partial charge in [-0.05, 0) is 65.4 Å². The molecule has 4 rings (SSSR count). The number of imide groups is 1. The molecule has 0 spiro atoms. The van der Waals surface area contributed by atoms with Gasteiger partial charge in [0.2, 0.25) is 0 Å². The first-order chi connectivity index (χ1) is 15.6. The number of hydrogen-bond donors (Lipinski definition) is 0. The molecule has 1 fully saturated rings. The van der Waals surface area contributed by atoms with E-state index >= 15 is 0 Å². The third-order valence-electron chi connectivity index (χ3n) is 4.67. The minimum atomic E-state index is -0.277. The van der Waals surface area contributed by atoms with Gasteiger partial charge in [-0.2, -0.15) is 0 Å².